The molecule has 0 aliphatic heterocycles. The fraction of sp³-hybridized carbons (Fsp3) is 0.273. The molecule has 1 aromatic heterocycles. The minimum Gasteiger partial charge on any atom is -0.370 e. The average molecular weight is 219 g/mol. The van der Waals surface area contributed by atoms with Gasteiger partial charge in [-0.15, -0.1) is 0 Å². The number of aromatic nitrogens is 2. The van der Waals surface area contributed by atoms with Crippen LogP contribution in [0.3, 0.4) is 0 Å². The van der Waals surface area contributed by atoms with Crippen molar-refractivity contribution in [2.75, 3.05) is 18.1 Å². The Morgan fingerprint density at radius 1 is 1.27 bits per heavy atom. The Morgan fingerprint density at radius 3 is 2.80 bits per heavy atom. The number of hydrogen-bond donors (Lipinski definition) is 1. The lowest BCUT2D eigenvalue weighted by molar-refractivity contribution is 0.996. The molecule has 0 amide bonds. The largest absolute Gasteiger partial charge is 0.370 e. The van der Waals surface area contributed by atoms with Gasteiger partial charge in [0.1, 0.15) is 5.82 Å². The Balaban J connectivity index is 2.63. The van der Waals surface area contributed by atoms with E-state index < -0.39 is 0 Å². The molecular formula is C11H13N3S. The molecule has 0 spiro atoms. The topological polar surface area (TPSA) is 37.8 Å². The maximum Gasteiger partial charge on any atom is 0.189 e. The van der Waals surface area contributed by atoms with Crippen molar-refractivity contribution in [3.05, 3.63) is 24.3 Å². The van der Waals surface area contributed by atoms with Crippen LogP contribution in [0.5, 0.6) is 0 Å². The minimum atomic E-state index is 0.810. The van der Waals surface area contributed by atoms with Crippen molar-refractivity contribution in [2.45, 2.75) is 12.1 Å². The highest BCUT2D eigenvalue weighted by atomic mass is 32.2. The van der Waals surface area contributed by atoms with Crippen LogP contribution >= 0.6 is 11.8 Å². The molecule has 1 heterocycles. The van der Waals surface area contributed by atoms with Gasteiger partial charge in [0.2, 0.25) is 0 Å². The number of rotatable bonds is 3. The zero-order valence-electron chi connectivity index (χ0n) is 8.82. The van der Waals surface area contributed by atoms with Gasteiger partial charge in [0, 0.05) is 11.9 Å². The van der Waals surface area contributed by atoms with Crippen LogP contribution < -0.4 is 5.32 Å². The Bertz CT molecular complexity index is 470. The Morgan fingerprint density at radius 2 is 2.07 bits per heavy atom. The van der Waals surface area contributed by atoms with Crippen molar-refractivity contribution in [2.24, 2.45) is 0 Å². The molecule has 0 aliphatic rings. The van der Waals surface area contributed by atoms with Crippen LogP contribution in [0.1, 0.15) is 6.92 Å². The molecule has 0 fully saturated rings. The van der Waals surface area contributed by atoms with Crippen molar-refractivity contribution >= 4 is 28.5 Å². The van der Waals surface area contributed by atoms with Gasteiger partial charge in [-0.1, -0.05) is 23.9 Å². The third-order valence-electron chi connectivity index (χ3n) is 2.11. The van der Waals surface area contributed by atoms with Crippen LogP contribution in [-0.2, 0) is 0 Å². The van der Waals surface area contributed by atoms with Crippen LogP contribution in [0.4, 0.5) is 5.82 Å². The first-order chi connectivity index (χ1) is 7.35. The highest BCUT2D eigenvalue weighted by molar-refractivity contribution is 7.98. The highest BCUT2D eigenvalue weighted by Crippen LogP contribution is 2.22. The Hall–Kier alpha value is -1.29. The molecule has 0 radical (unpaired) electrons. The average Bonchev–Trinajstić information content (AvgIpc) is 2.29. The van der Waals surface area contributed by atoms with Gasteiger partial charge in [-0.25, -0.2) is 9.97 Å². The van der Waals surface area contributed by atoms with Crippen molar-refractivity contribution in [3.63, 3.8) is 0 Å². The first-order valence-electron chi connectivity index (χ1n) is 4.89. The summed E-state index contributed by atoms with van der Waals surface area (Å²) in [7, 11) is 0. The summed E-state index contributed by atoms with van der Waals surface area (Å²) in [6.07, 6.45) is 1.99. The maximum atomic E-state index is 4.45. The SMILES string of the molecule is CCNc1nc(SC)nc2ccccc12. The fourth-order valence-corrected chi connectivity index (χ4v) is 1.82. The van der Waals surface area contributed by atoms with Gasteiger partial charge >= 0.3 is 0 Å². The maximum absolute atomic E-state index is 4.45. The zero-order chi connectivity index (χ0) is 10.7. The molecule has 0 atom stereocenters. The molecule has 2 rings (SSSR count). The molecule has 0 aliphatic carbocycles. The van der Waals surface area contributed by atoms with E-state index in [2.05, 4.69) is 22.2 Å². The van der Waals surface area contributed by atoms with Gasteiger partial charge in [-0.3, -0.25) is 0 Å². The van der Waals surface area contributed by atoms with Crippen LogP contribution in [-0.4, -0.2) is 22.8 Å². The number of anilines is 1. The van der Waals surface area contributed by atoms with Crippen LogP contribution in [0.15, 0.2) is 29.4 Å². The lowest BCUT2D eigenvalue weighted by Crippen LogP contribution is -2.02. The van der Waals surface area contributed by atoms with Crippen molar-refractivity contribution in [1.82, 2.24) is 9.97 Å². The second-order valence-corrected chi connectivity index (χ2v) is 3.88. The fourth-order valence-electron chi connectivity index (χ4n) is 1.45. The summed E-state index contributed by atoms with van der Waals surface area (Å²) in [6.45, 7) is 2.93. The summed E-state index contributed by atoms with van der Waals surface area (Å²) in [4.78, 5) is 8.90. The summed E-state index contributed by atoms with van der Waals surface area (Å²) >= 11 is 1.56. The number of nitrogens with one attached hydrogen (secondary N) is 1. The predicted octanol–water partition coefficient (Wildman–Crippen LogP) is 2.78. The first-order valence-corrected chi connectivity index (χ1v) is 6.12. The van der Waals surface area contributed by atoms with E-state index in [-0.39, 0.29) is 0 Å². The third kappa shape index (κ3) is 2.04. The number of benzene rings is 1. The van der Waals surface area contributed by atoms with E-state index >= 15 is 0 Å². The number of hydrogen-bond acceptors (Lipinski definition) is 4. The van der Waals surface area contributed by atoms with Crippen molar-refractivity contribution in [3.8, 4) is 0 Å². The Kier molecular flexibility index (Phi) is 3.06. The molecule has 2 aromatic rings. The highest BCUT2D eigenvalue weighted by Gasteiger charge is 2.05. The first kappa shape index (κ1) is 10.2. The molecule has 1 N–H and O–H groups in total. The van der Waals surface area contributed by atoms with E-state index in [1.807, 2.05) is 30.5 Å². The van der Waals surface area contributed by atoms with Crippen LogP contribution in [0, 0.1) is 0 Å². The molecule has 1 aromatic carbocycles. The lowest BCUT2D eigenvalue weighted by Gasteiger charge is -2.07. The van der Waals surface area contributed by atoms with Crippen LogP contribution in [0.2, 0.25) is 0 Å². The van der Waals surface area contributed by atoms with E-state index in [9.17, 15) is 0 Å². The molecule has 4 heteroatoms. The molecular weight excluding hydrogens is 206 g/mol. The second kappa shape index (κ2) is 4.49. The van der Waals surface area contributed by atoms with Crippen LogP contribution in [0.25, 0.3) is 10.9 Å². The quantitative estimate of drug-likeness (QED) is 0.636. The number of fused-ring (bicyclic) bond motifs is 1. The molecule has 0 saturated carbocycles. The molecule has 15 heavy (non-hydrogen) atoms. The second-order valence-electron chi connectivity index (χ2n) is 3.11. The van der Waals surface area contributed by atoms with Gasteiger partial charge in [0.25, 0.3) is 0 Å². The van der Waals surface area contributed by atoms with E-state index in [1.54, 1.807) is 11.8 Å². The molecule has 0 unspecified atom stereocenters. The van der Waals surface area contributed by atoms with Crippen molar-refractivity contribution in [1.29, 1.82) is 0 Å². The minimum absolute atomic E-state index is 0.810. The number of para-hydroxylation sites is 1. The molecule has 3 nitrogen and oxygen atoms in total. The zero-order valence-corrected chi connectivity index (χ0v) is 9.64. The summed E-state index contributed by atoms with van der Waals surface area (Å²) in [5.74, 6) is 0.924. The van der Waals surface area contributed by atoms with E-state index in [4.69, 9.17) is 0 Å². The Labute approximate surface area is 93.3 Å². The number of nitrogens with zero attached hydrogens (tertiary/aromatic N) is 2. The molecule has 0 bridgehead atoms. The summed E-state index contributed by atoms with van der Waals surface area (Å²) in [6, 6.07) is 8.05. The normalized spacial score (nSPS) is 10.5. The smallest absolute Gasteiger partial charge is 0.189 e. The van der Waals surface area contributed by atoms with Gasteiger partial charge in [-0.05, 0) is 25.3 Å². The van der Waals surface area contributed by atoms with E-state index in [0.29, 0.717) is 0 Å². The van der Waals surface area contributed by atoms with E-state index in [0.717, 1.165) is 28.4 Å². The summed E-state index contributed by atoms with van der Waals surface area (Å²) in [5.41, 5.74) is 0.993. The molecule has 0 saturated heterocycles. The number of thioether (sulfide) groups is 1. The monoisotopic (exact) mass is 219 g/mol. The lowest BCUT2D eigenvalue weighted by atomic mass is 10.2. The van der Waals surface area contributed by atoms with Gasteiger partial charge < -0.3 is 5.32 Å². The predicted molar refractivity (Wildman–Crippen MR) is 65.5 cm³/mol. The third-order valence-corrected chi connectivity index (χ3v) is 2.66. The van der Waals surface area contributed by atoms with E-state index in [1.165, 1.54) is 0 Å². The van der Waals surface area contributed by atoms with Gasteiger partial charge in [0.05, 0.1) is 5.52 Å². The summed E-state index contributed by atoms with van der Waals surface area (Å²) < 4.78 is 0. The van der Waals surface area contributed by atoms with Crippen molar-refractivity contribution < 1.29 is 0 Å². The summed E-state index contributed by atoms with van der Waals surface area (Å²) in [5, 5.41) is 5.15. The van der Waals surface area contributed by atoms with Gasteiger partial charge in [-0.2, -0.15) is 0 Å². The van der Waals surface area contributed by atoms with Gasteiger partial charge in [0.15, 0.2) is 5.16 Å². The molecule has 78 valence electrons. The standard InChI is InChI=1S/C11H13N3S/c1-3-12-10-8-6-4-5-7-9(8)13-11(14-10)15-2/h4-7H,3H2,1-2H3,(H,12,13,14).